The van der Waals surface area contributed by atoms with Crippen LogP contribution in [-0.4, -0.2) is 45.7 Å². The van der Waals surface area contributed by atoms with Crippen LogP contribution in [0.25, 0.3) is 0 Å². The summed E-state index contributed by atoms with van der Waals surface area (Å²) in [6.45, 7) is 5.97. The Kier molecular flexibility index (Phi) is 3.78. The van der Waals surface area contributed by atoms with Crippen molar-refractivity contribution in [1.82, 2.24) is 9.80 Å². The second kappa shape index (κ2) is 4.72. The number of carbonyl (C=O) groups excluding carboxylic acids is 2. The minimum Gasteiger partial charge on any atom is -0.310 e. The van der Waals surface area contributed by atoms with Gasteiger partial charge in [0, 0.05) is 6.54 Å². The van der Waals surface area contributed by atoms with Gasteiger partial charge in [0.1, 0.15) is 12.2 Å². The first-order valence-corrected chi connectivity index (χ1v) is 5.54. The Balaban J connectivity index is 2.96. The number of imide groups is 1. The van der Waals surface area contributed by atoms with Crippen molar-refractivity contribution in [3.05, 3.63) is 0 Å². The van der Waals surface area contributed by atoms with Crippen LogP contribution >= 0.6 is 12.2 Å². The van der Waals surface area contributed by atoms with Crippen LogP contribution in [0.1, 0.15) is 27.2 Å². The lowest BCUT2D eigenvalue weighted by molar-refractivity contribution is -0.131. The van der Waals surface area contributed by atoms with Crippen LogP contribution in [0.15, 0.2) is 4.99 Å². The topological polar surface area (TPSA) is 53.0 Å². The number of carbonyl (C=O) groups is 2. The van der Waals surface area contributed by atoms with Crippen LogP contribution in [-0.2, 0) is 4.79 Å². The molecule has 0 bridgehead atoms. The summed E-state index contributed by atoms with van der Waals surface area (Å²) in [6, 6.07) is -0.300. The monoisotopic (exact) mass is 241 g/mol. The van der Waals surface area contributed by atoms with E-state index in [1.165, 1.54) is 0 Å². The molecule has 1 heterocycles. The number of hydrogen-bond donors (Lipinski definition) is 0. The van der Waals surface area contributed by atoms with Crippen molar-refractivity contribution in [2.75, 3.05) is 13.2 Å². The number of urea groups is 1. The van der Waals surface area contributed by atoms with Crippen molar-refractivity contribution in [3.63, 3.8) is 0 Å². The first-order valence-electron chi connectivity index (χ1n) is 5.14. The van der Waals surface area contributed by atoms with Gasteiger partial charge in [0.25, 0.3) is 5.91 Å². The molecule has 0 aromatic heterocycles. The van der Waals surface area contributed by atoms with E-state index in [0.717, 1.165) is 11.3 Å². The highest BCUT2D eigenvalue weighted by Crippen LogP contribution is 2.27. The van der Waals surface area contributed by atoms with E-state index in [1.54, 1.807) is 18.7 Å². The third-order valence-corrected chi connectivity index (χ3v) is 2.76. The smallest absolute Gasteiger partial charge is 0.310 e. The number of hydrogen-bond acceptors (Lipinski definition) is 4. The Bertz CT molecular complexity index is 361. The molecule has 0 N–H and O–H groups in total. The summed E-state index contributed by atoms with van der Waals surface area (Å²) in [4.78, 5) is 30.2. The van der Waals surface area contributed by atoms with Crippen molar-refractivity contribution in [2.24, 2.45) is 4.99 Å². The number of amides is 3. The van der Waals surface area contributed by atoms with Gasteiger partial charge >= 0.3 is 6.03 Å². The number of isothiocyanates is 1. The maximum Gasteiger partial charge on any atom is 0.329 e. The highest BCUT2D eigenvalue weighted by atomic mass is 32.1. The molecular formula is C10H15N3O2S. The molecular weight excluding hydrogens is 226 g/mol. The maximum atomic E-state index is 12.0. The molecule has 1 saturated heterocycles. The fraction of sp³-hybridized carbons (Fsp3) is 0.700. The normalized spacial score (nSPS) is 18.9. The predicted octanol–water partition coefficient (Wildman–Crippen LogP) is 1.50. The van der Waals surface area contributed by atoms with E-state index in [1.807, 2.05) is 6.92 Å². The third kappa shape index (κ3) is 1.99. The first kappa shape index (κ1) is 12.8. The zero-order valence-corrected chi connectivity index (χ0v) is 10.5. The zero-order chi connectivity index (χ0) is 12.3. The molecule has 3 amide bonds. The van der Waals surface area contributed by atoms with E-state index in [9.17, 15) is 9.59 Å². The molecule has 1 fully saturated rings. The summed E-state index contributed by atoms with van der Waals surface area (Å²) in [6.07, 6.45) is 0.812. The molecule has 0 atom stereocenters. The fourth-order valence-corrected chi connectivity index (χ4v) is 1.80. The van der Waals surface area contributed by atoms with E-state index in [4.69, 9.17) is 0 Å². The predicted molar refractivity (Wildman–Crippen MR) is 63.2 cm³/mol. The van der Waals surface area contributed by atoms with Gasteiger partial charge in [-0.25, -0.2) is 14.7 Å². The molecule has 6 heteroatoms. The van der Waals surface area contributed by atoms with Crippen LogP contribution in [0.4, 0.5) is 4.79 Å². The van der Waals surface area contributed by atoms with Gasteiger partial charge in [-0.05, 0) is 32.5 Å². The molecule has 0 aliphatic carbocycles. The molecule has 0 aromatic carbocycles. The van der Waals surface area contributed by atoms with Gasteiger partial charge in [-0.1, -0.05) is 6.92 Å². The molecule has 16 heavy (non-hydrogen) atoms. The van der Waals surface area contributed by atoms with E-state index < -0.39 is 5.54 Å². The van der Waals surface area contributed by atoms with E-state index in [2.05, 4.69) is 22.4 Å². The number of aliphatic imine (C=N–C) groups is 1. The average molecular weight is 241 g/mol. The number of nitrogens with zero attached hydrogens (tertiary/aromatic N) is 3. The van der Waals surface area contributed by atoms with Crippen molar-refractivity contribution in [1.29, 1.82) is 0 Å². The Morgan fingerprint density at radius 3 is 2.56 bits per heavy atom. The summed E-state index contributed by atoms with van der Waals surface area (Å²) in [5.41, 5.74) is -0.788. The van der Waals surface area contributed by atoms with Crippen LogP contribution in [0, 0.1) is 0 Å². The van der Waals surface area contributed by atoms with Gasteiger partial charge in [-0.2, -0.15) is 0 Å². The average Bonchev–Trinajstić information content (AvgIpc) is 2.39. The lowest BCUT2D eigenvalue weighted by atomic mass is 10.0. The molecule has 1 aliphatic rings. The molecule has 0 spiro atoms. The van der Waals surface area contributed by atoms with Gasteiger partial charge in [0.15, 0.2) is 0 Å². The highest BCUT2D eigenvalue weighted by Gasteiger charge is 2.50. The number of thiocarbonyl (C=S) groups is 1. The standard InChI is InChI=1S/C10H15N3O2S/c1-4-5-13-9(15)12(6-11-7-16)8(14)10(13,2)3/h4-6H2,1-3H3. The van der Waals surface area contributed by atoms with Gasteiger partial charge in [0.05, 0.1) is 5.16 Å². The Hall–Kier alpha value is -1.26. The summed E-state index contributed by atoms with van der Waals surface area (Å²) >= 11 is 4.42. The van der Waals surface area contributed by atoms with Crippen molar-refractivity contribution in [3.8, 4) is 0 Å². The van der Waals surface area contributed by atoms with Gasteiger partial charge in [-0.15, -0.1) is 0 Å². The fourth-order valence-electron chi connectivity index (χ4n) is 1.74. The first-order chi connectivity index (χ1) is 7.46. The summed E-state index contributed by atoms with van der Waals surface area (Å²) in [5.74, 6) is -0.236. The van der Waals surface area contributed by atoms with Gasteiger partial charge in [0.2, 0.25) is 0 Å². The zero-order valence-electron chi connectivity index (χ0n) is 9.69. The second-order valence-electron chi connectivity index (χ2n) is 4.12. The minimum atomic E-state index is -0.788. The van der Waals surface area contributed by atoms with Crippen LogP contribution < -0.4 is 0 Å². The maximum absolute atomic E-state index is 12.0. The molecule has 1 rings (SSSR count). The molecule has 88 valence electrons. The second-order valence-corrected chi connectivity index (χ2v) is 4.30. The summed E-state index contributed by atoms with van der Waals surface area (Å²) in [7, 11) is 0. The third-order valence-electron chi connectivity index (χ3n) is 2.63. The Morgan fingerprint density at radius 1 is 1.44 bits per heavy atom. The molecule has 1 aliphatic heterocycles. The van der Waals surface area contributed by atoms with Crippen LogP contribution in [0.2, 0.25) is 0 Å². The van der Waals surface area contributed by atoms with Gasteiger partial charge < -0.3 is 4.90 Å². The van der Waals surface area contributed by atoms with Crippen LogP contribution in [0.3, 0.4) is 0 Å². The van der Waals surface area contributed by atoms with Gasteiger partial charge in [-0.3, -0.25) is 4.79 Å². The number of rotatable bonds is 4. The minimum absolute atomic E-state index is 0.0369. The summed E-state index contributed by atoms with van der Waals surface area (Å²) in [5, 5.41) is 2.15. The Labute approximate surface area is 100 Å². The van der Waals surface area contributed by atoms with Crippen molar-refractivity contribution in [2.45, 2.75) is 32.7 Å². The van der Waals surface area contributed by atoms with E-state index in [0.29, 0.717) is 6.54 Å². The molecule has 0 unspecified atom stereocenters. The molecule has 0 saturated carbocycles. The SMILES string of the molecule is CCCN1C(=O)N(CN=C=S)C(=O)C1(C)C. The van der Waals surface area contributed by atoms with E-state index in [-0.39, 0.29) is 18.6 Å². The lowest BCUT2D eigenvalue weighted by Gasteiger charge is -2.27. The van der Waals surface area contributed by atoms with E-state index >= 15 is 0 Å². The largest absolute Gasteiger partial charge is 0.329 e. The molecule has 0 radical (unpaired) electrons. The Morgan fingerprint density at radius 2 is 2.06 bits per heavy atom. The molecule has 0 aromatic rings. The van der Waals surface area contributed by atoms with Crippen LogP contribution in [0.5, 0.6) is 0 Å². The summed E-state index contributed by atoms with van der Waals surface area (Å²) < 4.78 is 0. The quantitative estimate of drug-likeness (QED) is 0.426. The van der Waals surface area contributed by atoms with Crippen molar-refractivity contribution >= 4 is 29.3 Å². The molecule has 5 nitrogen and oxygen atoms in total. The highest BCUT2D eigenvalue weighted by molar-refractivity contribution is 7.78. The lowest BCUT2D eigenvalue weighted by Crippen LogP contribution is -2.44. The van der Waals surface area contributed by atoms with Crippen molar-refractivity contribution < 1.29 is 9.59 Å².